The van der Waals surface area contributed by atoms with Crippen LogP contribution >= 0.6 is 0 Å². The molecule has 1 aliphatic carbocycles. The van der Waals surface area contributed by atoms with Crippen LogP contribution in [-0.4, -0.2) is 29.1 Å². The van der Waals surface area contributed by atoms with E-state index in [1.165, 1.54) is 19.3 Å². The van der Waals surface area contributed by atoms with Crippen LogP contribution in [0.4, 0.5) is 0 Å². The predicted octanol–water partition coefficient (Wildman–Crippen LogP) is 3.93. The summed E-state index contributed by atoms with van der Waals surface area (Å²) in [5.41, 5.74) is 0.381. The summed E-state index contributed by atoms with van der Waals surface area (Å²) in [7, 11) is 0. The summed E-state index contributed by atoms with van der Waals surface area (Å²) >= 11 is 0. The second kappa shape index (κ2) is 6.68. The Morgan fingerprint density at radius 2 is 2.10 bits per heavy atom. The lowest BCUT2D eigenvalue weighted by Gasteiger charge is -2.42. The maximum atomic E-state index is 12.9. The number of unbranched alkanes of at least 4 members (excludes halogenated alkanes) is 1. The summed E-state index contributed by atoms with van der Waals surface area (Å²) in [4.78, 5) is 15.1. The SMILES string of the molecule is CCCCC1NC(C(C)C)N(C2CCCC(C)(C)C2)C1=O. The predicted molar refractivity (Wildman–Crippen MR) is 88.0 cm³/mol. The molecule has 0 aromatic heterocycles. The number of nitrogens with zero attached hydrogens (tertiary/aromatic N) is 1. The van der Waals surface area contributed by atoms with Gasteiger partial charge in [-0.05, 0) is 37.0 Å². The minimum Gasteiger partial charge on any atom is -0.323 e. The molecule has 1 saturated heterocycles. The number of rotatable bonds is 5. The highest BCUT2D eigenvalue weighted by Crippen LogP contribution is 2.39. The van der Waals surface area contributed by atoms with Gasteiger partial charge in [0.1, 0.15) is 0 Å². The maximum Gasteiger partial charge on any atom is 0.241 e. The monoisotopic (exact) mass is 294 g/mol. The van der Waals surface area contributed by atoms with E-state index in [9.17, 15) is 4.79 Å². The lowest BCUT2D eigenvalue weighted by atomic mass is 9.74. The van der Waals surface area contributed by atoms with Crippen LogP contribution < -0.4 is 5.32 Å². The zero-order chi connectivity index (χ0) is 15.6. The zero-order valence-corrected chi connectivity index (χ0v) is 14.6. The molecule has 2 rings (SSSR count). The fraction of sp³-hybridized carbons (Fsp3) is 0.944. The molecule has 1 N–H and O–H groups in total. The number of carbonyl (C=O) groups excluding carboxylic acids is 1. The van der Waals surface area contributed by atoms with Crippen molar-refractivity contribution in [2.24, 2.45) is 11.3 Å². The van der Waals surface area contributed by atoms with Gasteiger partial charge < -0.3 is 4.90 Å². The number of carbonyl (C=O) groups is 1. The lowest BCUT2D eigenvalue weighted by molar-refractivity contribution is -0.134. The van der Waals surface area contributed by atoms with Crippen molar-refractivity contribution >= 4 is 5.91 Å². The topological polar surface area (TPSA) is 32.3 Å². The van der Waals surface area contributed by atoms with Crippen molar-refractivity contribution in [2.45, 2.75) is 97.8 Å². The van der Waals surface area contributed by atoms with E-state index in [2.05, 4.69) is 44.8 Å². The molecule has 3 nitrogen and oxygen atoms in total. The van der Waals surface area contributed by atoms with Gasteiger partial charge in [-0.25, -0.2) is 0 Å². The highest BCUT2D eigenvalue weighted by atomic mass is 16.2. The lowest BCUT2D eigenvalue weighted by Crippen LogP contribution is -2.49. The molecule has 3 unspecified atom stereocenters. The van der Waals surface area contributed by atoms with E-state index in [0.29, 0.717) is 23.3 Å². The molecule has 1 aliphatic heterocycles. The molecule has 2 aliphatic rings. The highest BCUT2D eigenvalue weighted by Gasteiger charge is 2.45. The smallest absolute Gasteiger partial charge is 0.241 e. The molecular weight excluding hydrogens is 260 g/mol. The van der Waals surface area contributed by atoms with Crippen LogP contribution in [0.25, 0.3) is 0 Å². The Morgan fingerprint density at radius 3 is 2.67 bits per heavy atom. The summed E-state index contributed by atoms with van der Waals surface area (Å²) in [6, 6.07) is 0.496. The number of nitrogens with one attached hydrogen (secondary N) is 1. The van der Waals surface area contributed by atoms with Gasteiger partial charge >= 0.3 is 0 Å². The van der Waals surface area contributed by atoms with Crippen molar-refractivity contribution in [1.29, 1.82) is 0 Å². The van der Waals surface area contributed by atoms with Gasteiger partial charge in [-0.15, -0.1) is 0 Å². The largest absolute Gasteiger partial charge is 0.323 e. The highest BCUT2D eigenvalue weighted by molar-refractivity contribution is 5.84. The minimum atomic E-state index is 0.0578. The number of hydrogen-bond acceptors (Lipinski definition) is 2. The van der Waals surface area contributed by atoms with E-state index in [4.69, 9.17) is 0 Å². The molecule has 1 saturated carbocycles. The van der Waals surface area contributed by atoms with Gasteiger partial charge in [0.25, 0.3) is 0 Å². The molecule has 122 valence electrons. The van der Waals surface area contributed by atoms with E-state index in [1.807, 2.05) is 0 Å². The summed E-state index contributed by atoms with van der Waals surface area (Å²) in [6.45, 7) is 11.4. The van der Waals surface area contributed by atoms with Gasteiger partial charge in [-0.3, -0.25) is 10.1 Å². The Hall–Kier alpha value is -0.570. The fourth-order valence-electron chi connectivity index (χ4n) is 4.11. The molecule has 1 heterocycles. The van der Waals surface area contributed by atoms with Gasteiger partial charge in [0, 0.05) is 6.04 Å². The fourth-order valence-corrected chi connectivity index (χ4v) is 4.11. The second-order valence-electron chi connectivity index (χ2n) is 8.21. The molecular formula is C18H34N2O. The van der Waals surface area contributed by atoms with Crippen LogP contribution in [0.1, 0.15) is 79.6 Å². The third-order valence-corrected chi connectivity index (χ3v) is 5.27. The first-order valence-corrected chi connectivity index (χ1v) is 8.94. The molecule has 0 aromatic rings. The van der Waals surface area contributed by atoms with Crippen molar-refractivity contribution in [2.75, 3.05) is 0 Å². The van der Waals surface area contributed by atoms with E-state index in [1.54, 1.807) is 0 Å². The molecule has 0 bridgehead atoms. The zero-order valence-electron chi connectivity index (χ0n) is 14.6. The van der Waals surface area contributed by atoms with Crippen LogP contribution in [0.3, 0.4) is 0 Å². The first-order chi connectivity index (χ1) is 9.85. The Kier molecular flexibility index (Phi) is 5.34. The van der Waals surface area contributed by atoms with Gasteiger partial charge in [0.05, 0.1) is 12.2 Å². The standard InChI is InChI=1S/C18H34N2O/c1-6-7-10-15-17(21)20(16(19-15)13(2)3)14-9-8-11-18(4,5)12-14/h13-16,19H,6-12H2,1-5H3. The van der Waals surface area contributed by atoms with Crippen molar-refractivity contribution < 1.29 is 4.79 Å². The van der Waals surface area contributed by atoms with E-state index >= 15 is 0 Å². The van der Waals surface area contributed by atoms with Crippen LogP contribution in [0.5, 0.6) is 0 Å². The first kappa shape index (κ1) is 16.8. The molecule has 0 aromatic carbocycles. The van der Waals surface area contributed by atoms with E-state index < -0.39 is 0 Å². The van der Waals surface area contributed by atoms with Crippen molar-refractivity contribution in [3.8, 4) is 0 Å². The molecule has 21 heavy (non-hydrogen) atoms. The van der Waals surface area contributed by atoms with Gasteiger partial charge in [-0.1, -0.05) is 53.9 Å². The van der Waals surface area contributed by atoms with Crippen molar-refractivity contribution in [1.82, 2.24) is 10.2 Å². The minimum absolute atomic E-state index is 0.0578. The average molecular weight is 294 g/mol. The normalized spacial score (nSPS) is 33.0. The third kappa shape index (κ3) is 3.80. The molecule has 2 fully saturated rings. The van der Waals surface area contributed by atoms with Crippen LogP contribution in [0, 0.1) is 11.3 Å². The molecule has 1 amide bonds. The van der Waals surface area contributed by atoms with Crippen molar-refractivity contribution in [3.63, 3.8) is 0 Å². The Labute approximate surface area is 130 Å². The third-order valence-electron chi connectivity index (χ3n) is 5.27. The van der Waals surface area contributed by atoms with Gasteiger partial charge in [-0.2, -0.15) is 0 Å². The Morgan fingerprint density at radius 1 is 1.38 bits per heavy atom. The van der Waals surface area contributed by atoms with E-state index in [-0.39, 0.29) is 12.2 Å². The van der Waals surface area contributed by atoms with Crippen LogP contribution in [-0.2, 0) is 4.79 Å². The summed E-state index contributed by atoms with van der Waals surface area (Å²) in [5.74, 6) is 0.843. The van der Waals surface area contributed by atoms with Crippen LogP contribution in [0.2, 0.25) is 0 Å². The second-order valence-corrected chi connectivity index (χ2v) is 8.21. The quantitative estimate of drug-likeness (QED) is 0.833. The van der Waals surface area contributed by atoms with Gasteiger partial charge in [0.2, 0.25) is 5.91 Å². The average Bonchev–Trinajstić information content (AvgIpc) is 2.72. The molecule has 0 spiro atoms. The summed E-state index contributed by atoms with van der Waals surface area (Å²) < 4.78 is 0. The number of hydrogen-bond donors (Lipinski definition) is 1. The Balaban J connectivity index is 2.12. The van der Waals surface area contributed by atoms with Crippen molar-refractivity contribution in [3.05, 3.63) is 0 Å². The first-order valence-electron chi connectivity index (χ1n) is 8.94. The molecule has 0 radical (unpaired) electrons. The molecule has 3 atom stereocenters. The van der Waals surface area contributed by atoms with Gasteiger partial charge in [0.15, 0.2) is 0 Å². The maximum absolute atomic E-state index is 12.9. The van der Waals surface area contributed by atoms with E-state index in [0.717, 1.165) is 25.7 Å². The summed E-state index contributed by atoms with van der Waals surface area (Å²) in [5, 5.41) is 3.63. The number of amides is 1. The Bertz CT molecular complexity index is 364. The van der Waals surface area contributed by atoms with Crippen LogP contribution in [0.15, 0.2) is 0 Å². The molecule has 3 heteroatoms. The summed E-state index contributed by atoms with van der Waals surface area (Å²) in [6.07, 6.45) is 8.41.